The lowest BCUT2D eigenvalue weighted by Crippen LogP contribution is -2.36. The lowest BCUT2D eigenvalue weighted by molar-refractivity contribution is -0.138. The highest BCUT2D eigenvalue weighted by molar-refractivity contribution is 8.18. The number of rotatable bonds is 5. The number of alkyl halides is 3. The second-order valence-corrected chi connectivity index (χ2v) is 9.90. The second kappa shape index (κ2) is 8.52. The minimum absolute atomic E-state index is 0.0125. The molecule has 178 valence electrons. The van der Waals surface area contributed by atoms with Crippen molar-refractivity contribution in [3.05, 3.63) is 70.0 Å². The maximum atomic E-state index is 13.4. The standard InChI is InChI=1S/C20H14F4N4O4S2/c21-14-3-2-12(15(7-14)20(22,23)24)9-28-16-4-1-11(5-13(16)8-26-28)6-17-18(29)27(19(30)33-17)10-34(25,31)32/h1-8H,9-10H2,(H2,25,31,32)/b17-6-. The second-order valence-electron chi connectivity index (χ2n) is 7.32. The summed E-state index contributed by atoms with van der Waals surface area (Å²) in [5, 5.41) is 8.77. The largest absolute Gasteiger partial charge is 0.416 e. The third kappa shape index (κ3) is 4.98. The smallest absolute Gasteiger partial charge is 0.268 e. The molecule has 1 aromatic heterocycles. The molecule has 2 N–H and O–H groups in total. The van der Waals surface area contributed by atoms with Gasteiger partial charge in [-0.1, -0.05) is 12.1 Å². The van der Waals surface area contributed by atoms with Gasteiger partial charge >= 0.3 is 6.18 Å². The van der Waals surface area contributed by atoms with E-state index in [1.807, 2.05) is 0 Å². The number of hydrogen-bond acceptors (Lipinski definition) is 6. The van der Waals surface area contributed by atoms with E-state index in [1.165, 1.54) is 17.0 Å². The van der Waals surface area contributed by atoms with Crippen LogP contribution in [0.5, 0.6) is 0 Å². The summed E-state index contributed by atoms with van der Waals surface area (Å²) in [6.45, 7) is -0.260. The highest BCUT2D eigenvalue weighted by Gasteiger charge is 2.37. The van der Waals surface area contributed by atoms with Gasteiger partial charge in [0.05, 0.1) is 28.7 Å². The Bertz CT molecular complexity index is 1460. The molecule has 1 saturated heterocycles. The number of aromatic nitrogens is 2. The molecule has 0 atom stereocenters. The first-order chi connectivity index (χ1) is 15.8. The molecular weight excluding hydrogens is 500 g/mol. The van der Waals surface area contributed by atoms with E-state index in [-0.39, 0.29) is 17.0 Å². The molecule has 2 heterocycles. The Labute approximate surface area is 194 Å². The quantitative estimate of drug-likeness (QED) is 0.412. The number of nitrogens with zero attached hydrogens (tertiary/aromatic N) is 3. The molecule has 8 nitrogen and oxygen atoms in total. The van der Waals surface area contributed by atoms with Gasteiger partial charge in [0.25, 0.3) is 11.1 Å². The molecule has 14 heteroatoms. The first-order valence-electron chi connectivity index (χ1n) is 9.39. The van der Waals surface area contributed by atoms with E-state index in [2.05, 4.69) is 5.10 Å². The number of benzene rings is 2. The molecule has 0 saturated carbocycles. The maximum absolute atomic E-state index is 13.4. The minimum atomic E-state index is -4.74. The molecule has 1 fully saturated rings. The molecule has 0 unspecified atom stereocenters. The number of sulfonamides is 1. The predicted molar refractivity (Wildman–Crippen MR) is 116 cm³/mol. The molecule has 2 aromatic carbocycles. The van der Waals surface area contributed by atoms with Gasteiger partial charge in [0.2, 0.25) is 10.0 Å². The summed E-state index contributed by atoms with van der Waals surface area (Å²) >= 11 is 0.555. The number of fused-ring (bicyclic) bond motifs is 1. The van der Waals surface area contributed by atoms with Crippen molar-refractivity contribution in [2.24, 2.45) is 5.14 Å². The molecule has 1 aliphatic heterocycles. The van der Waals surface area contributed by atoms with E-state index in [4.69, 9.17) is 5.14 Å². The van der Waals surface area contributed by atoms with Crippen molar-refractivity contribution in [1.82, 2.24) is 14.7 Å². The Kier molecular flexibility index (Phi) is 5.99. The number of primary sulfonamides is 1. The van der Waals surface area contributed by atoms with Gasteiger partial charge in [-0.25, -0.2) is 17.9 Å². The van der Waals surface area contributed by atoms with Crippen LogP contribution in [0.15, 0.2) is 47.5 Å². The average Bonchev–Trinajstić information content (AvgIpc) is 3.23. The third-order valence-electron chi connectivity index (χ3n) is 4.84. The van der Waals surface area contributed by atoms with Crippen LogP contribution < -0.4 is 5.14 Å². The number of nitrogens with two attached hydrogens (primary N) is 1. The molecule has 2 amide bonds. The van der Waals surface area contributed by atoms with Gasteiger partial charge < -0.3 is 0 Å². The van der Waals surface area contributed by atoms with E-state index in [9.17, 15) is 35.6 Å². The summed E-state index contributed by atoms with van der Waals surface area (Å²) in [5.74, 6) is -2.75. The zero-order chi connectivity index (χ0) is 24.8. The number of carbonyl (C=O) groups excluding carboxylic acids is 2. The van der Waals surface area contributed by atoms with Gasteiger partial charge in [0.15, 0.2) is 0 Å². The molecule has 4 rings (SSSR count). The van der Waals surface area contributed by atoms with Gasteiger partial charge in [-0.3, -0.25) is 19.2 Å². The van der Waals surface area contributed by atoms with E-state index >= 15 is 0 Å². The van der Waals surface area contributed by atoms with Crippen LogP contribution in [-0.4, -0.2) is 40.1 Å². The molecule has 34 heavy (non-hydrogen) atoms. The highest BCUT2D eigenvalue weighted by atomic mass is 32.2. The molecular formula is C20H14F4N4O4S2. The molecule has 1 aliphatic rings. The zero-order valence-electron chi connectivity index (χ0n) is 16.9. The van der Waals surface area contributed by atoms with Crippen LogP contribution in [0.4, 0.5) is 22.4 Å². The van der Waals surface area contributed by atoms with Crippen molar-refractivity contribution >= 4 is 49.9 Å². The monoisotopic (exact) mass is 514 g/mol. The van der Waals surface area contributed by atoms with Crippen LogP contribution in [0.25, 0.3) is 17.0 Å². The fourth-order valence-corrected chi connectivity index (χ4v) is 4.89. The zero-order valence-corrected chi connectivity index (χ0v) is 18.5. The Balaban J connectivity index is 1.62. The summed E-state index contributed by atoms with van der Waals surface area (Å²) < 4.78 is 77.0. The maximum Gasteiger partial charge on any atom is 0.416 e. The van der Waals surface area contributed by atoms with Crippen LogP contribution in [0.2, 0.25) is 0 Å². The van der Waals surface area contributed by atoms with Gasteiger partial charge in [0.1, 0.15) is 11.7 Å². The lowest BCUT2D eigenvalue weighted by Gasteiger charge is -2.13. The number of imide groups is 1. The molecule has 0 radical (unpaired) electrons. The lowest BCUT2D eigenvalue weighted by atomic mass is 10.1. The molecule has 3 aromatic rings. The van der Waals surface area contributed by atoms with Crippen molar-refractivity contribution in [2.75, 3.05) is 5.88 Å². The Hall–Kier alpha value is -3.23. The topological polar surface area (TPSA) is 115 Å². The summed E-state index contributed by atoms with van der Waals surface area (Å²) in [4.78, 5) is 24.8. The molecule has 0 bridgehead atoms. The summed E-state index contributed by atoms with van der Waals surface area (Å²) in [6.07, 6.45) is -1.94. The van der Waals surface area contributed by atoms with E-state index in [0.717, 1.165) is 12.1 Å². The van der Waals surface area contributed by atoms with E-state index in [1.54, 1.807) is 18.2 Å². The van der Waals surface area contributed by atoms with Crippen molar-refractivity contribution in [3.63, 3.8) is 0 Å². The van der Waals surface area contributed by atoms with Crippen LogP contribution in [0.1, 0.15) is 16.7 Å². The average molecular weight is 514 g/mol. The number of hydrogen-bond donors (Lipinski definition) is 1. The fraction of sp³-hybridized carbons (Fsp3) is 0.150. The SMILES string of the molecule is NS(=O)(=O)CN1C(=O)S/C(=C\c2ccc3c(cnn3Cc3ccc(F)cc3C(F)(F)F)c2)C1=O. The van der Waals surface area contributed by atoms with Gasteiger partial charge in [0, 0.05) is 5.39 Å². The van der Waals surface area contributed by atoms with Crippen molar-refractivity contribution in [3.8, 4) is 0 Å². The normalized spacial score (nSPS) is 16.3. The van der Waals surface area contributed by atoms with Crippen LogP contribution >= 0.6 is 11.8 Å². The minimum Gasteiger partial charge on any atom is -0.268 e. The summed E-state index contributed by atoms with van der Waals surface area (Å²) in [5.41, 5.74) is -0.294. The summed E-state index contributed by atoms with van der Waals surface area (Å²) in [7, 11) is -4.09. The number of carbonyl (C=O) groups is 2. The third-order valence-corrected chi connectivity index (χ3v) is 6.37. The van der Waals surface area contributed by atoms with Crippen molar-refractivity contribution < 1.29 is 35.6 Å². The highest BCUT2D eigenvalue weighted by Crippen LogP contribution is 2.34. The predicted octanol–water partition coefficient (Wildman–Crippen LogP) is 3.52. The fourth-order valence-electron chi connectivity index (χ4n) is 3.38. The van der Waals surface area contributed by atoms with Crippen LogP contribution in [0, 0.1) is 5.82 Å². The Morgan fingerprint density at radius 2 is 1.85 bits per heavy atom. The molecule has 0 spiro atoms. The van der Waals surface area contributed by atoms with Crippen molar-refractivity contribution in [2.45, 2.75) is 12.7 Å². The van der Waals surface area contributed by atoms with Gasteiger partial charge in [-0.2, -0.15) is 18.3 Å². The van der Waals surface area contributed by atoms with Gasteiger partial charge in [-0.05, 0) is 53.2 Å². The first-order valence-corrected chi connectivity index (χ1v) is 11.9. The first kappa shape index (κ1) is 23.9. The van der Waals surface area contributed by atoms with E-state index < -0.39 is 44.6 Å². The molecule has 0 aliphatic carbocycles. The summed E-state index contributed by atoms with van der Waals surface area (Å²) in [6, 6.07) is 7.15. The number of halogens is 4. The van der Waals surface area contributed by atoms with Crippen LogP contribution in [-0.2, 0) is 27.5 Å². The van der Waals surface area contributed by atoms with Crippen LogP contribution in [0.3, 0.4) is 0 Å². The Morgan fingerprint density at radius 1 is 1.12 bits per heavy atom. The number of thioether (sulfide) groups is 1. The van der Waals surface area contributed by atoms with Crippen molar-refractivity contribution in [1.29, 1.82) is 0 Å². The Morgan fingerprint density at radius 3 is 2.53 bits per heavy atom. The number of amides is 2. The van der Waals surface area contributed by atoms with Gasteiger partial charge in [-0.15, -0.1) is 0 Å². The van der Waals surface area contributed by atoms with E-state index in [0.29, 0.717) is 39.2 Å².